The maximum atomic E-state index is 9.67. The van der Waals surface area contributed by atoms with E-state index in [1.165, 1.54) is 0 Å². The van der Waals surface area contributed by atoms with E-state index in [1.54, 1.807) is 14.2 Å². The van der Waals surface area contributed by atoms with Gasteiger partial charge in [0, 0.05) is 27.3 Å². The summed E-state index contributed by atoms with van der Waals surface area (Å²) in [6.45, 7) is 1.52. The summed E-state index contributed by atoms with van der Waals surface area (Å²) in [6, 6.07) is 0. The molecule has 0 saturated carbocycles. The van der Waals surface area contributed by atoms with Crippen molar-refractivity contribution >= 4 is 0 Å². The van der Waals surface area contributed by atoms with Crippen LogP contribution in [0.4, 0.5) is 0 Å². The van der Waals surface area contributed by atoms with E-state index in [0.29, 0.717) is 0 Å². The second-order valence-electron chi connectivity index (χ2n) is 3.26. The van der Waals surface area contributed by atoms with Gasteiger partial charge in [0.15, 0.2) is 0 Å². The minimum absolute atomic E-state index is 0.131. The first-order valence-electron chi connectivity index (χ1n) is 4.11. The minimum atomic E-state index is -0.504. The third-order valence-corrected chi connectivity index (χ3v) is 2.35. The molecular formula is C8H17NO3. The first kappa shape index (κ1) is 9.92. The van der Waals surface area contributed by atoms with Crippen molar-refractivity contribution < 1.29 is 14.6 Å². The van der Waals surface area contributed by atoms with E-state index in [4.69, 9.17) is 9.47 Å². The Balaban J connectivity index is 2.55. The van der Waals surface area contributed by atoms with Crippen LogP contribution in [0.5, 0.6) is 0 Å². The Hall–Kier alpha value is -0.160. The number of likely N-dealkylation sites (N-methyl/N-ethyl adjacent to an activating group) is 1. The standard InChI is InChI=1S/C8H17NO3/c1-9-4-6(11-2)8(10)7(5-9)12-3/h6-8,10H,4-5H2,1-3H3. The van der Waals surface area contributed by atoms with Crippen LogP contribution >= 0.6 is 0 Å². The lowest BCUT2D eigenvalue weighted by Crippen LogP contribution is -2.55. The van der Waals surface area contributed by atoms with E-state index < -0.39 is 6.10 Å². The molecule has 0 aliphatic carbocycles. The fourth-order valence-corrected chi connectivity index (χ4v) is 1.57. The molecule has 2 atom stereocenters. The molecule has 0 amide bonds. The van der Waals surface area contributed by atoms with Crippen LogP contribution in [0.1, 0.15) is 0 Å². The van der Waals surface area contributed by atoms with Crippen molar-refractivity contribution in [2.75, 3.05) is 34.4 Å². The number of rotatable bonds is 2. The molecular weight excluding hydrogens is 158 g/mol. The van der Waals surface area contributed by atoms with Crippen molar-refractivity contribution in [1.29, 1.82) is 0 Å². The van der Waals surface area contributed by atoms with Gasteiger partial charge in [0.05, 0.1) is 12.2 Å². The van der Waals surface area contributed by atoms with Gasteiger partial charge in [-0.05, 0) is 7.05 Å². The van der Waals surface area contributed by atoms with E-state index >= 15 is 0 Å². The molecule has 0 aromatic rings. The van der Waals surface area contributed by atoms with Crippen LogP contribution in [0.15, 0.2) is 0 Å². The van der Waals surface area contributed by atoms with E-state index in [9.17, 15) is 5.11 Å². The maximum Gasteiger partial charge on any atom is 0.109 e. The van der Waals surface area contributed by atoms with E-state index in [-0.39, 0.29) is 12.2 Å². The number of piperidine rings is 1. The van der Waals surface area contributed by atoms with Crippen LogP contribution in [0.25, 0.3) is 0 Å². The van der Waals surface area contributed by atoms with E-state index in [1.807, 2.05) is 7.05 Å². The molecule has 0 aromatic heterocycles. The summed E-state index contributed by atoms with van der Waals surface area (Å²) in [5.41, 5.74) is 0. The van der Waals surface area contributed by atoms with E-state index in [0.717, 1.165) is 13.1 Å². The molecule has 0 radical (unpaired) electrons. The van der Waals surface area contributed by atoms with Gasteiger partial charge < -0.3 is 19.5 Å². The highest BCUT2D eigenvalue weighted by Gasteiger charge is 2.34. The first-order valence-corrected chi connectivity index (χ1v) is 4.11. The molecule has 1 saturated heterocycles. The fraction of sp³-hybridized carbons (Fsp3) is 1.00. The molecule has 0 aromatic carbocycles. The zero-order valence-corrected chi connectivity index (χ0v) is 7.86. The van der Waals surface area contributed by atoms with Crippen LogP contribution in [0, 0.1) is 0 Å². The fourth-order valence-electron chi connectivity index (χ4n) is 1.57. The van der Waals surface area contributed by atoms with Crippen LogP contribution in [0.2, 0.25) is 0 Å². The number of nitrogens with zero attached hydrogens (tertiary/aromatic N) is 1. The molecule has 0 spiro atoms. The quantitative estimate of drug-likeness (QED) is 0.604. The van der Waals surface area contributed by atoms with Gasteiger partial charge in [-0.3, -0.25) is 0 Å². The number of ether oxygens (including phenoxy) is 2. The second kappa shape index (κ2) is 4.18. The Kier molecular flexibility index (Phi) is 3.46. The highest BCUT2D eigenvalue weighted by atomic mass is 16.5. The van der Waals surface area contributed by atoms with Gasteiger partial charge in [0.25, 0.3) is 0 Å². The topological polar surface area (TPSA) is 41.9 Å². The molecule has 72 valence electrons. The minimum Gasteiger partial charge on any atom is -0.388 e. The lowest BCUT2D eigenvalue weighted by Gasteiger charge is -2.38. The van der Waals surface area contributed by atoms with Crippen LogP contribution in [-0.2, 0) is 9.47 Å². The van der Waals surface area contributed by atoms with Crippen LogP contribution < -0.4 is 0 Å². The van der Waals surface area contributed by atoms with E-state index in [2.05, 4.69) is 4.90 Å². The lowest BCUT2D eigenvalue weighted by atomic mass is 10.0. The number of methoxy groups -OCH3 is 2. The Morgan fingerprint density at radius 2 is 1.58 bits per heavy atom. The van der Waals surface area contributed by atoms with Gasteiger partial charge in [0.1, 0.15) is 6.10 Å². The number of aliphatic hydroxyl groups excluding tert-OH is 1. The van der Waals surface area contributed by atoms with Gasteiger partial charge >= 0.3 is 0 Å². The molecule has 1 aliphatic rings. The van der Waals surface area contributed by atoms with Gasteiger partial charge in [-0.15, -0.1) is 0 Å². The Labute approximate surface area is 73.1 Å². The normalized spacial score (nSPS) is 38.5. The largest absolute Gasteiger partial charge is 0.388 e. The number of hydrogen-bond acceptors (Lipinski definition) is 4. The van der Waals surface area contributed by atoms with Crippen molar-refractivity contribution in [3.05, 3.63) is 0 Å². The van der Waals surface area contributed by atoms with Crippen molar-refractivity contribution in [1.82, 2.24) is 4.90 Å². The Morgan fingerprint density at radius 1 is 1.17 bits per heavy atom. The summed E-state index contributed by atoms with van der Waals surface area (Å²) < 4.78 is 10.3. The Morgan fingerprint density at radius 3 is 1.92 bits per heavy atom. The molecule has 4 nitrogen and oxygen atoms in total. The second-order valence-corrected chi connectivity index (χ2v) is 3.26. The summed E-state index contributed by atoms with van der Waals surface area (Å²) in [5, 5.41) is 9.67. The van der Waals surface area contributed by atoms with Gasteiger partial charge in [-0.2, -0.15) is 0 Å². The monoisotopic (exact) mass is 175 g/mol. The lowest BCUT2D eigenvalue weighted by molar-refractivity contribution is -0.129. The predicted octanol–water partition coefficient (Wildman–Crippen LogP) is -0.677. The molecule has 12 heavy (non-hydrogen) atoms. The SMILES string of the molecule is COC1CN(C)CC(OC)C1O. The summed E-state index contributed by atoms with van der Waals surface area (Å²) in [6.07, 6.45) is -0.765. The molecule has 0 bridgehead atoms. The maximum absolute atomic E-state index is 9.67. The van der Waals surface area contributed by atoms with Crippen molar-refractivity contribution in [3.8, 4) is 0 Å². The zero-order chi connectivity index (χ0) is 9.14. The highest BCUT2D eigenvalue weighted by Crippen LogP contribution is 2.14. The molecule has 1 heterocycles. The molecule has 1 aliphatic heterocycles. The van der Waals surface area contributed by atoms with Crippen LogP contribution in [-0.4, -0.2) is 62.7 Å². The number of hydrogen-bond donors (Lipinski definition) is 1. The smallest absolute Gasteiger partial charge is 0.109 e. The third-order valence-electron chi connectivity index (χ3n) is 2.35. The summed E-state index contributed by atoms with van der Waals surface area (Å²) >= 11 is 0. The molecule has 1 N–H and O–H groups in total. The average Bonchev–Trinajstić information content (AvgIpc) is 2.08. The van der Waals surface area contributed by atoms with Crippen molar-refractivity contribution in [3.63, 3.8) is 0 Å². The number of aliphatic hydroxyl groups is 1. The molecule has 4 heteroatoms. The van der Waals surface area contributed by atoms with Crippen LogP contribution in [0.3, 0.4) is 0 Å². The third kappa shape index (κ3) is 1.95. The van der Waals surface area contributed by atoms with Gasteiger partial charge in [-0.1, -0.05) is 0 Å². The van der Waals surface area contributed by atoms with Crippen molar-refractivity contribution in [2.45, 2.75) is 18.3 Å². The summed E-state index contributed by atoms with van der Waals surface area (Å²) in [7, 11) is 5.21. The Bertz CT molecular complexity index is 128. The zero-order valence-electron chi connectivity index (χ0n) is 7.86. The highest BCUT2D eigenvalue weighted by molar-refractivity contribution is 4.86. The first-order chi connectivity index (χ1) is 5.69. The molecule has 2 unspecified atom stereocenters. The summed E-state index contributed by atoms with van der Waals surface area (Å²) in [4.78, 5) is 2.09. The molecule has 1 fully saturated rings. The molecule has 1 rings (SSSR count). The van der Waals surface area contributed by atoms with Gasteiger partial charge in [0.2, 0.25) is 0 Å². The van der Waals surface area contributed by atoms with Crippen molar-refractivity contribution in [2.24, 2.45) is 0 Å². The predicted molar refractivity (Wildman–Crippen MR) is 45.1 cm³/mol. The number of likely N-dealkylation sites (tertiary alicyclic amines) is 1. The summed E-state index contributed by atoms with van der Waals surface area (Å²) in [5.74, 6) is 0. The average molecular weight is 175 g/mol. The van der Waals surface area contributed by atoms with Gasteiger partial charge in [-0.25, -0.2) is 0 Å².